The van der Waals surface area contributed by atoms with E-state index in [1.54, 1.807) is 18.2 Å². The van der Waals surface area contributed by atoms with Gasteiger partial charge < -0.3 is 16.4 Å². The predicted octanol–water partition coefficient (Wildman–Crippen LogP) is 2.93. The van der Waals surface area contributed by atoms with E-state index in [9.17, 15) is 9.59 Å². The van der Waals surface area contributed by atoms with Crippen molar-refractivity contribution in [1.82, 2.24) is 0 Å². The molecule has 0 bridgehead atoms. The van der Waals surface area contributed by atoms with Gasteiger partial charge in [-0.3, -0.25) is 9.59 Å². The van der Waals surface area contributed by atoms with Gasteiger partial charge in [0.2, 0.25) is 11.8 Å². The largest absolute Gasteiger partial charge is 0.330 e. The number of hydrogen-bond donors (Lipinski definition) is 3. The Kier molecular flexibility index (Phi) is 6.28. The zero-order valence-corrected chi connectivity index (χ0v) is 13.6. The van der Waals surface area contributed by atoms with Gasteiger partial charge in [0.15, 0.2) is 0 Å². The highest BCUT2D eigenvalue weighted by molar-refractivity contribution is 6.03. The fraction of sp³-hybridized carbons (Fsp3) is 0.158. The van der Waals surface area contributed by atoms with Gasteiger partial charge in [-0.1, -0.05) is 36.4 Å². The minimum Gasteiger partial charge on any atom is -0.330 e. The number of aryl methyl sites for hydroxylation is 1. The second-order valence-electron chi connectivity index (χ2n) is 5.35. The van der Waals surface area contributed by atoms with Crippen molar-refractivity contribution < 1.29 is 9.59 Å². The molecule has 0 radical (unpaired) electrons. The van der Waals surface area contributed by atoms with E-state index >= 15 is 0 Å². The summed E-state index contributed by atoms with van der Waals surface area (Å²) in [4.78, 5) is 23.7. The molecular formula is C19H21N3O2. The predicted molar refractivity (Wildman–Crippen MR) is 97.6 cm³/mol. The summed E-state index contributed by atoms with van der Waals surface area (Å²) in [6.07, 6.45) is 3.49. The van der Waals surface area contributed by atoms with Crippen molar-refractivity contribution in [2.24, 2.45) is 5.73 Å². The SMILES string of the molecule is Cc1ccc(NC(=O)CCN)cc1NC(=O)/C=C/c1ccccc1. The highest BCUT2D eigenvalue weighted by Gasteiger charge is 2.06. The van der Waals surface area contributed by atoms with Crippen LogP contribution in [0.3, 0.4) is 0 Å². The lowest BCUT2D eigenvalue weighted by atomic mass is 10.1. The summed E-state index contributed by atoms with van der Waals surface area (Å²) in [5.74, 6) is -0.380. The first-order chi connectivity index (χ1) is 11.6. The Balaban J connectivity index is 2.04. The molecule has 2 aromatic rings. The van der Waals surface area contributed by atoms with E-state index in [1.165, 1.54) is 6.08 Å². The fourth-order valence-electron chi connectivity index (χ4n) is 2.10. The number of amides is 2. The number of rotatable bonds is 6. The molecule has 0 aliphatic rings. The van der Waals surface area contributed by atoms with Gasteiger partial charge in [0.1, 0.15) is 0 Å². The van der Waals surface area contributed by atoms with Crippen molar-refractivity contribution in [3.8, 4) is 0 Å². The molecule has 124 valence electrons. The second kappa shape index (κ2) is 8.64. The average Bonchev–Trinajstić information content (AvgIpc) is 2.57. The molecule has 0 saturated heterocycles. The Morgan fingerprint density at radius 1 is 1.08 bits per heavy atom. The monoisotopic (exact) mass is 323 g/mol. The van der Waals surface area contributed by atoms with Crippen LogP contribution >= 0.6 is 0 Å². The first-order valence-corrected chi connectivity index (χ1v) is 7.73. The van der Waals surface area contributed by atoms with Gasteiger partial charge in [-0.05, 0) is 36.3 Å². The molecule has 0 spiro atoms. The van der Waals surface area contributed by atoms with Crippen molar-refractivity contribution in [3.05, 3.63) is 65.7 Å². The lowest BCUT2D eigenvalue weighted by Gasteiger charge is -2.10. The molecule has 5 heteroatoms. The number of hydrogen-bond acceptors (Lipinski definition) is 3. The van der Waals surface area contributed by atoms with Crippen molar-refractivity contribution in [3.63, 3.8) is 0 Å². The molecule has 0 fully saturated rings. The summed E-state index contributed by atoms with van der Waals surface area (Å²) >= 11 is 0. The minimum absolute atomic E-state index is 0.150. The first kappa shape index (κ1) is 17.4. The molecular weight excluding hydrogens is 302 g/mol. The molecule has 5 nitrogen and oxygen atoms in total. The molecule has 0 atom stereocenters. The molecule has 2 aromatic carbocycles. The highest BCUT2D eigenvalue weighted by Crippen LogP contribution is 2.20. The van der Waals surface area contributed by atoms with Gasteiger partial charge in [0.05, 0.1) is 0 Å². The van der Waals surface area contributed by atoms with Crippen LogP contribution in [0.15, 0.2) is 54.6 Å². The van der Waals surface area contributed by atoms with Gasteiger partial charge in [-0.25, -0.2) is 0 Å². The lowest BCUT2D eigenvalue weighted by molar-refractivity contribution is -0.116. The zero-order valence-electron chi connectivity index (χ0n) is 13.6. The number of benzene rings is 2. The summed E-state index contributed by atoms with van der Waals surface area (Å²) in [6.45, 7) is 2.19. The maximum absolute atomic E-state index is 12.1. The van der Waals surface area contributed by atoms with E-state index in [0.717, 1.165) is 11.1 Å². The zero-order chi connectivity index (χ0) is 17.4. The van der Waals surface area contributed by atoms with Crippen molar-refractivity contribution in [2.45, 2.75) is 13.3 Å². The Morgan fingerprint density at radius 3 is 2.54 bits per heavy atom. The summed E-state index contributed by atoms with van der Waals surface area (Å²) in [5, 5.41) is 5.58. The summed E-state index contributed by atoms with van der Waals surface area (Å²) < 4.78 is 0. The van der Waals surface area contributed by atoms with Gasteiger partial charge in [-0.2, -0.15) is 0 Å². The molecule has 0 saturated carbocycles. The molecule has 0 heterocycles. The number of carbonyl (C=O) groups is 2. The third-order valence-electron chi connectivity index (χ3n) is 3.38. The number of anilines is 2. The Labute approximate surface area is 141 Å². The molecule has 0 unspecified atom stereocenters. The highest BCUT2D eigenvalue weighted by atomic mass is 16.2. The van der Waals surface area contributed by atoms with Gasteiger partial charge in [0, 0.05) is 30.4 Å². The first-order valence-electron chi connectivity index (χ1n) is 7.73. The van der Waals surface area contributed by atoms with Crippen LogP contribution in [0.1, 0.15) is 17.5 Å². The van der Waals surface area contributed by atoms with E-state index < -0.39 is 0 Å². The van der Waals surface area contributed by atoms with Gasteiger partial charge in [-0.15, -0.1) is 0 Å². The molecule has 2 rings (SSSR count). The third kappa shape index (κ3) is 5.37. The van der Waals surface area contributed by atoms with Gasteiger partial charge >= 0.3 is 0 Å². The maximum Gasteiger partial charge on any atom is 0.248 e. The van der Waals surface area contributed by atoms with Gasteiger partial charge in [0.25, 0.3) is 0 Å². The van der Waals surface area contributed by atoms with E-state index in [1.807, 2.05) is 43.3 Å². The topological polar surface area (TPSA) is 84.2 Å². The number of carbonyl (C=O) groups excluding carboxylic acids is 2. The van der Waals surface area contributed by atoms with Crippen molar-refractivity contribution in [1.29, 1.82) is 0 Å². The maximum atomic E-state index is 12.1. The number of nitrogens with one attached hydrogen (secondary N) is 2. The van der Waals surface area contributed by atoms with E-state index in [-0.39, 0.29) is 18.2 Å². The van der Waals surface area contributed by atoms with Crippen LogP contribution in [0.2, 0.25) is 0 Å². The Morgan fingerprint density at radius 2 is 1.83 bits per heavy atom. The average molecular weight is 323 g/mol. The Hall–Kier alpha value is -2.92. The van der Waals surface area contributed by atoms with Crippen molar-refractivity contribution in [2.75, 3.05) is 17.2 Å². The minimum atomic E-state index is -0.229. The summed E-state index contributed by atoms with van der Waals surface area (Å²) in [7, 11) is 0. The van der Waals surface area contributed by atoms with E-state index in [2.05, 4.69) is 10.6 Å². The van der Waals surface area contributed by atoms with Crippen molar-refractivity contribution >= 4 is 29.3 Å². The molecule has 0 aliphatic heterocycles. The lowest BCUT2D eigenvalue weighted by Crippen LogP contribution is -2.16. The fourth-order valence-corrected chi connectivity index (χ4v) is 2.10. The molecule has 0 aromatic heterocycles. The quantitative estimate of drug-likeness (QED) is 0.715. The molecule has 4 N–H and O–H groups in total. The van der Waals surface area contributed by atoms with Crippen LogP contribution in [0.25, 0.3) is 6.08 Å². The van der Waals surface area contributed by atoms with Crippen LogP contribution in [0.5, 0.6) is 0 Å². The summed E-state index contributed by atoms with van der Waals surface area (Å²) in [6, 6.07) is 15.0. The van der Waals surface area contributed by atoms with E-state index in [4.69, 9.17) is 5.73 Å². The number of nitrogens with two attached hydrogens (primary N) is 1. The second-order valence-corrected chi connectivity index (χ2v) is 5.35. The van der Waals surface area contributed by atoms with Crippen LogP contribution in [0.4, 0.5) is 11.4 Å². The van der Waals surface area contributed by atoms with Crippen LogP contribution in [-0.2, 0) is 9.59 Å². The van der Waals surface area contributed by atoms with E-state index in [0.29, 0.717) is 17.9 Å². The standard InChI is InChI=1S/C19H21N3O2/c1-14-7-9-16(21-19(24)11-12-20)13-17(14)22-18(23)10-8-15-5-3-2-4-6-15/h2-10,13H,11-12,20H2,1H3,(H,21,24)(H,22,23)/b10-8+. The summed E-state index contributed by atoms with van der Waals surface area (Å²) in [5.41, 5.74) is 8.50. The smallest absolute Gasteiger partial charge is 0.248 e. The molecule has 0 aliphatic carbocycles. The van der Waals surface area contributed by atoms with Crippen LogP contribution in [0, 0.1) is 6.92 Å². The molecule has 2 amide bonds. The molecule has 24 heavy (non-hydrogen) atoms. The van der Waals surface area contributed by atoms with Crippen LogP contribution < -0.4 is 16.4 Å². The normalized spacial score (nSPS) is 10.6. The van der Waals surface area contributed by atoms with Crippen LogP contribution in [-0.4, -0.2) is 18.4 Å². The Bertz CT molecular complexity index is 740. The third-order valence-corrected chi connectivity index (χ3v) is 3.38.